The Morgan fingerprint density at radius 1 is 1.24 bits per heavy atom. The molecule has 8 nitrogen and oxygen atoms in total. The lowest BCUT2D eigenvalue weighted by atomic mass is 10.0. The highest BCUT2D eigenvalue weighted by Crippen LogP contribution is 2.47. The van der Waals surface area contributed by atoms with E-state index in [1.165, 1.54) is 24.1 Å². The molecule has 1 aromatic heterocycles. The zero-order valence-corrected chi connectivity index (χ0v) is 24.1. The molecule has 0 radical (unpaired) electrons. The van der Waals surface area contributed by atoms with E-state index in [9.17, 15) is 14.9 Å². The highest BCUT2D eigenvalue weighted by atomic mass is 35.5. The van der Waals surface area contributed by atoms with Crippen LogP contribution in [0.2, 0.25) is 5.02 Å². The van der Waals surface area contributed by atoms with Crippen molar-refractivity contribution in [3.8, 4) is 6.07 Å². The smallest absolute Gasteiger partial charge is 0.261 e. The van der Waals surface area contributed by atoms with Gasteiger partial charge in [-0.1, -0.05) is 29.8 Å². The van der Waals surface area contributed by atoms with E-state index >= 15 is 4.39 Å². The lowest BCUT2D eigenvalue weighted by Crippen LogP contribution is -2.31. The number of nitrogens with one attached hydrogen (secondary N) is 2. The maximum Gasteiger partial charge on any atom is 0.261 e. The summed E-state index contributed by atoms with van der Waals surface area (Å²) in [6.07, 6.45) is 2.32. The Labute approximate surface area is 243 Å². The van der Waals surface area contributed by atoms with E-state index in [2.05, 4.69) is 11.4 Å². The van der Waals surface area contributed by atoms with Gasteiger partial charge in [0.05, 0.1) is 46.9 Å². The summed E-state index contributed by atoms with van der Waals surface area (Å²) < 4.78 is 23.0. The third-order valence-electron chi connectivity index (χ3n) is 7.17. The number of hydrogen-bond donors (Lipinski definition) is 2. The quantitative estimate of drug-likeness (QED) is 0.215. The van der Waals surface area contributed by atoms with Crippen LogP contribution in [-0.4, -0.2) is 36.8 Å². The molecule has 1 unspecified atom stereocenters. The molecule has 0 saturated heterocycles. The van der Waals surface area contributed by atoms with Crippen molar-refractivity contribution in [3.05, 3.63) is 93.2 Å². The van der Waals surface area contributed by atoms with Crippen LogP contribution in [0.3, 0.4) is 0 Å². The van der Waals surface area contributed by atoms with Crippen molar-refractivity contribution in [1.82, 2.24) is 9.88 Å². The van der Waals surface area contributed by atoms with Gasteiger partial charge in [0.2, 0.25) is 5.91 Å². The van der Waals surface area contributed by atoms with Crippen molar-refractivity contribution in [2.24, 2.45) is 0 Å². The fourth-order valence-electron chi connectivity index (χ4n) is 5.32. The van der Waals surface area contributed by atoms with Crippen molar-refractivity contribution >= 4 is 40.9 Å². The number of aromatic nitrogens is 1. The van der Waals surface area contributed by atoms with Crippen LogP contribution in [0.5, 0.6) is 0 Å². The van der Waals surface area contributed by atoms with Crippen molar-refractivity contribution < 1.29 is 18.7 Å². The number of allylic oxidation sites excluding steroid dienone is 2. The fourth-order valence-corrected chi connectivity index (χ4v) is 5.49. The number of anilines is 1. The number of fused-ring (bicyclic) bond motifs is 1. The van der Waals surface area contributed by atoms with Gasteiger partial charge in [-0.15, -0.1) is 0 Å². The molecule has 41 heavy (non-hydrogen) atoms. The third-order valence-corrected chi connectivity index (χ3v) is 7.46. The molecule has 4 rings (SSSR count). The zero-order chi connectivity index (χ0) is 29.8. The molecule has 0 aliphatic carbocycles. The van der Waals surface area contributed by atoms with Gasteiger partial charge in [0.1, 0.15) is 11.8 Å². The molecule has 3 aromatic rings. The number of halogens is 2. The number of hydrogen-bond acceptors (Lipinski definition) is 5. The van der Waals surface area contributed by atoms with Crippen molar-refractivity contribution in [2.75, 3.05) is 19.1 Å². The molecular formula is C31H31ClFN5O3. The molecule has 1 aliphatic heterocycles. The lowest BCUT2D eigenvalue weighted by molar-refractivity contribution is -0.120. The molecule has 1 atom stereocenters. The Balaban J connectivity index is 1.97. The van der Waals surface area contributed by atoms with Crippen LogP contribution in [-0.2, 0) is 9.53 Å². The van der Waals surface area contributed by atoms with Crippen LogP contribution < -0.4 is 10.2 Å². The SMILES string of the molecule is CNC(=O)CCC/C(=C(\C=N)OC)c1cc2c(n1C(C)C)C(c1ccc(C#N)cc1)N(c1cccc(Cl)c1F)C2=O. The number of ether oxygens (including phenoxy) is 1. The molecule has 0 saturated carbocycles. The van der Waals surface area contributed by atoms with E-state index in [0.29, 0.717) is 52.3 Å². The first-order valence-corrected chi connectivity index (χ1v) is 13.6. The second-order valence-corrected chi connectivity index (χ2v) is 10.3. The Hall–Kier alpha value is -4.42. The minimum Gasteiger partial charge on any atom is -0.495 e. The number of nitriles is 1. The largest absolute Gasteiger partial charge is 0.495 e. The number of carbonyl (C=O) groups excluding carboxylic acids is 2. The minimum absolute atomic E-state index is 0.0448. The van der Waals surface area contributed by atoms with Gasteiger partial charge in [-0.25, -0.2) is 4.39 Å². The highest BCUT2D eigenvalue weighted by Gasteiger charge is 2.44. The molecule has 1 aliphatic rings. The van der Waals surface area contributed by atoms with Crippen LogP contribution >= 0.6 is 11.6 Å². The number of carbonyl (C=O) groups is 2. The van der Waals surface area contributed by atoms with Crippen LogP contribution in [0.15, 0.2) is 54.3 Å². The maximum absolute atomic E-state index is 15.4. The maximum atomic E-state index is 15.4. The molecule has 0 bridgehead atoms. The predicted molar refractivity (Wildman–Crippen MR) is 157 cm³/mol. The summed E-state index contributed by atoms with van der Waals surface area (Å²) in [5.41, 5.74) is 3.58. The average Bonchev–Trinajstić information content (AvgIpc) is 3.49. The van der Waals surface area contributed by atoms with Gasteiger partial charge in [0.15, 0.2) is 5.82 Å². The van der Waals surface area contributed by atoms with E-state index in [1.54, 1.807) is 43.4 Å². The number of nitrogens with zero attached hydrogens (tertiary/aromatic N) is 3. The number of amides is 2. The molecule has 0 fully saturated rings. The van der Waals surface area contributed by atoms with E-state index in [4.69, 9.17) is 21.7 Å². The van der Waals surface area contributed by atoms with Crippen molar-refractivity contribution in [1.29, 1.82) is 10.7 Å². The van der Waals surface area contributed by atoms with Gasteiger partial charge in [-0.3, -0.25) is 14.5 Å². The standard InChI is InChI=1S/C31H31ClFN5O3/c1-18(2)37-25(21(26(17-35)41-4)7-5-10-27(39)36-3)15-22-30(37)29(20-13-11-19(16-34)12-14-20)38(31(22)40)24-9-6-8-23(32)28(24)33/h6,8-9,11-15,17-18,29,35H,5,7,10H2,1-4H3,(H,36,39)/b26-21-,35-17?. The van der Waals surface area contributed by atoms with Gasteiger partial charge < -0.3 is 20.0 Å². The molecular weight excluding hydrogens is 545 g/mol. The molecule has 2 heterocycles. The zero-order valence-electron chi connectivity index (χ0n) is 23.3. The van der Waals surface area contributed by atoms with Gasteiger partial charge in [-0.05, 0) is 62.6 Å². The van der Waals surface area contributed by atoms with E-state index < -0.39 is 17.8 Å². The molecule has 2 aromatic carbocycles. The van der Waals surface area contributed by atoms with Gasteiger partial charge in [0.25, 0.3) is 5.91 Å². The minimum atomic E-state index is -0.729. The van der Waals surface area contributed by atoms with E-state index in [-0.39, 0.29) is 29.1 Å². The first-order valence-electron chi connectivity index (χ1n) is 13.2. The monoisotopic (exact) mass is 575 g/mol. The van der Waals surface area contributed by atoms with Crippen molar-refractivity contribution in [2.45, 2.75) is 45.2 Å². The van der Waals surface area contributed by atoms with E-state index in [1.807, 2.05) is 18.4 Å². The van der Waals surface area contributed by atoms with Crippen LogP contribution in [0.1, 0.15) is 78.1 Å². The first-order chi connectivity index (χ1) is 19.7. The summed E-state index contributed by atoms with van der Waals surface area (Å²) in [6, 6.07) is 14.4. The molecule has 10 heteroatoms. The Bertz CT molecular complexity index is 1570. The number of benzene rings is 2. The predicted octanol–water partition coefficient (Wildman–Crippen LogP) is 6.41. The second-order valence-electron chi connectivity index (χ2n) is 9.89. The average molecular weight is 576 g/mol. The summed E-state index contributed by atoms with van der Waals surface area (Å²) >= 11 is 6.13. The van der Waals surface area contributed by atoms with E-state index in [0.717, 1.165) is 6.21 Å². The van der Waals surface area contributed by atoms with Gasteiger partial charge in [0, 0.05) is 30.8 Å². The molecule has 2 amide bonds. The summed E-state index contributed by atoms with van der Waals surface area (Å²) in [5, 5.41) is 19.8. The van der Waals surface area contributed by atoms with Crippen molar-refractivity contribution in [3.63, 3.8) is 0 Å². The van der Waals surface area contributed by atoms with Gasteiger partial charge in [-0.2, -0.15) is 5.26 Å². The van der Waals surface area contributed by atoms with Crippen LogP contribution in [0, 0.1) is 22.6 Å². The normalized spacial score (nSPS) is 14.9. The Morgan fingerprint density at radius 2 is 1.95 bits per heavy atom. The lowest BCUT2D eigenvalue weighted by Gasteiger charge is -2.30. The highest BCUT2D eigenvalue weighted by molar-refractivity contribution is 6.31. The third kappa shape index (κ3) is 5.48. The van der Waals surface area contributed by atoms with Crippen LogP contribution in [0.25, 0.3) is 5.57 Å². The fraction of sp³-hybridized carbons (Fsp3) is 0.290. The second kappa shape index (κ2) is 12.4. The molecule has 2 N–H and O–H groups in total. The number of rotatable bonds is 10. The first kappa shape index (κ1) is 29.6. The van der Waals surface area contributed by atoms with Crippen LogP contribution in [0.4, 0.5) is 10.1 Å². The topological polar surface area (TPSA) is 111 Å². The Morgan fingerprint density at radius 3 is 2.54 bits per heavy atom. The number of methoxy groups -OCH3 is 1. The summed E-state index contributed by atoms with van der Waals surface area (Å²) in [5.74, 6) is -0.896. The van der Waals surface area contributed by atoms with Gasteiger partial charge >= 0.3 is 0 Å². The summed E-state index contributed by atoms with van der Waals surface area (Å²) in [6.45, 7) is 3.96. The Kier molecular flexibility index (Phi) is 8.94. The molecule has 0 spiro atoms. The summed E-state index contributed by atoms with van der Waals surface area (Å²) in [4.78, 5) is 27.5. The summed E-state index contributed by atoms with van der Waals surface area (Å²) in [7, 11) is 3.05. The molecule has 212 valence electrons.